The monoisotopic (exact) mass is 272 g/mol. The van der Waals surface area contributed by atoms with E-state index in [9.17, 15) is 9.18 Å². The predicted molar refractivity (Wildman–Crippen MR) is 76.4 cm³/mol. The van der Waals surface area contributed by atoms with Gasteiger partial charge in [-0.15, -0.1) is 0 Å². The topological polar surface area (TPSA) is 26.3 Å². The fourth-order valence-corrected chi connectivity index (χ4v) is 1.92. The third-order valence-corrected chi connectivity index (χ3v) is 2.93. The summed E-state index contributed by atoms with van der Waals surface area (Å²) in [5.41, 5.74) is 1.42. The van der Waals surface area contributed by atoms with Crippen molar-refractivity contribution in [1.82, 2.24) is 0 Å². The van der Waals surface area contributed by atoms with Crippen LogP contribution in [0.1, 0.15) is 35.7 Å². The molecule has 0 heterocycles. The SMILES string of the molecule is CCCC(=O)c1cccc(OCc2cccc(F)c2)c1. The molecule has 2 aromatic carbocycles. The Hall–Kier alpha value is -2.16. The average Bonchev–Trinajstić information content (AvgIpc) is 2.46. The van der Waals surface area contributed by atoms with Crippen molar-refractivity contribution in [2.45, 2.75) is 26.4 Å². The van der Waals surface area contributed by atoms with Gasteiger partial charge in [0.25, 0.3) is 0 Å². The molecule has 0 aliphatic rings. The summed E-state index contributed by atoms with van der Waals surface area (Å²) in [5.74, 6) is 0.456. The number of benzene rings is 2. The smallest absolute Gasteiger partial charge is 0.162 e. The van der Waals surface area contributed by atoms with E-state index in [0.29, 0.717) is 17.7 Å². The van der Waals surface area contributed by atoms with Gasteiger partial charge in [0.2, 0.25) is 0 Å². The van der Waals surface area contributed by atoms with Gasteiger partial charge in [0.1, 0.15) is 18.2 Å². The van der Waals surface area contributed by atoms with Crippen LogP contribution in [0.25, 0.3) is 0 Å². The third-order valence-electron chi connectivity index (χ3n) is 2.93. The highest BCUT2D eigenvalue weighted by atomic mass is 19.1. The van der Waals surface area contributed by atoms with Crippen molar-refractivity contribution >= 4 is 5.78 Å². The number of ether oxygens (including phenoxy) is 1. The molecule has 0 N–H and O–H groups in total. The minimum atomic E-state index is -0.280. The summed E-state index contributed by atoms with van der Waals surface area (Å²) in [7, 11) is 0. The average molecular weight is 272 g/mol. The molecular weight excluding hydrogens is 255 g/mol. The van der Waals surface area contributed by atoms with E-state index in [1.54, 1.807) is 36.4 Å². The molecule has 0 fully saturated rings. The second-order valence-corrected chi connectivity index (χ2v) is 4.62. The van der Waals surface area contributed by atoms with E-state index in [2.05, 4.69) is 0 Å². The Morgan fingerprint density at radius 1 is 1.15 bits per heavy atom. The van der Waals surface area contributed by atoms with E-state index in [1.165, 1.54) is 12.1 Å². The molecule has 104 valence electrons. The number of halogens is 1. The lowest BCUT2D eigenvalue weighted by Crippen LogP contribution is -2.00. The van der Waals surface area contributed by atoms with Crippen molar-refractivity contribution in [3.05, 3.63) is 65.5 Å². The van der Waals surface area contributed by atoms with Crippen molar-refractivity contribution < 1.29 is 13.9 Å². The van der Waals surface area contributed by atoms with Gasteiger partial charge in [-0.1, -0.05) is 31.2 Å². The second kappa shape index (κ2) is 6.85. The number of hydrogen-bond acceptors (Lipinski definition) is 2. The highest BCUT2D eigenvalue weighted by Crippen LogP contribution is 2.17. The summed E-state index contributed by atoms with van der Waals surface area (Å²) in [4.78, 5) is 11.8. The quantitative estimate of drug-likeness (QED) is 0.729. The van der Waals surface area contributed by atoms with Gasteiger partial charge in [-0.2, -0.15) is 0 Å². The number of hydrogen-bond donors (Lipinski definition) is 0. The zero-order valence-electron chi connectivity index (χ0n) is 11.4. The maximum atomic E-state index is 13.0. The minimum Gasteiger partial charge on any atom is -0.489 e. The van der Waals surface area contributed by atoms with Gasteiger partial charge in [-0.3, -0.25) is 4.79 Å². The van der Waals surface area contributed by atoms with E-state index in [4.69, 9.17) is 4.74 Å². The van der Waals surface area contributed by atoms with Gasteiger partial charge < -0.3 is 4.74 Å². The Labute approximate surface area is 118 Å². The predicted octanol–water partition coefficient (Wildman–Crippen LogP) is 4.39. The summed E-state index contributed by atoms with van der Waals surface area (Å²) < 4.78 is 18.6. The van der Waals surface area contributed by atoms with Crippen LogP contribution >= 0.6 is 0 Å². The number of ketones is 1. The molecule has 0 bridgehead atoms. The van der Waals surface area contributed by atoms with Gasteiger partial charge in [0, 0.05) is 12.0 Å². The maximum absolute atomic E-state index is 13.0. The lowest BCUT2D eigenvalue weighted by atomic mass is 10.1. The summed E-state index contributed by atoms with van der Waals surface area (Å²) >= 11 is 0. The molecule has 0 saturated heterocycles. The lowest BCUT2D eigenvalue weighted by Gasteiger charge is -2.08. The van der Waals surface area contributed by atoms with Gasteiger partial charge in [-0.25, -0.2) is 4.39 Å². The third kappa shape index (κ3) is 3.92. The summed E-state index contributed by atoms with van der Waals surface area (Å²) in [6.45, 7) is 2.26. The first-order valence-corrected chi connectivity index (χ1v) is 6.69. The Bertz CT molecular complexity index is 593. The summed E-state index contributed by atoms with van der Waals surface area (Å²) in [6, 6.07) is 13.4. The Balaban J connectivity index is 2.03. The molecule has 0 spiro atoms. The van der Waals surface area contributed by atoms with Crippen molar-refractivity contribution in [1.29, 1.82) is 0 Å². The first-order chi connectivity index (χ1) is 9.69. The molecule has 0 radical (unpaired) electrons. The number of carbonyl (C=O) groups excluding carboxylic acids is 1. The van der Waals surface area contributed by atoms with Crippen molar-refractivity contribution in [2.24, 2.45) is 0 Å². The normalized spacial score (nSPS) is 10.3. The van der Waals surface area contributed by atoms with Gasteiger partial charge in [-0.05, 0) is 36.2 Å². The van der Waals surface area contributed by atoms with E-state index < -0.39 is 0 Å². The van der Waals surface area contributed by atoms with Crippen LogP contribution in [0.5, 0.6) is 5.75 Å². The highest BCUT2D eigenvalue weighted by Gasteiger charge is 2.06. The van der Waals surface area contributed by atoms with Gasteiger partial charge in [0.15, 0.2) is 5.78 Å². The van der Waals surface area contributed by atoms with Gasteiger partial charge in [0.05, 0.1) is 0 Å². The molecule has 0 aliphatic carbocycles. The molecule has 2 rings (SSSR count). The first-order valence-electron chi connectivity index (χ1n) is 6.69. The van der Waals surface area contributed by atoms with E-state index >= 15 is 0 Å². The first kappa shape index (κ1) is 14.3. The van der Waals surface area contributed by atoms with Crippen molar-refractivity contribution in [3.63, 3.8) is 0 Å². The summed E-state index contributed by atoms with van der Waals surface area (Å²) in [6.07, 6.45) is 1.36. The fraction of sp³-hybridized carbons (Fsp3) is 0.235. The maximum Gasteiger partial charge on any atom is 0.162 e. The minimum absolute atomic E-state index is 0.115. The lowest BCUT2D eigenvalue weighted by molar-refractivity contribution is 0.0981. The standard InChI is InChI=1S/C17H17FO2/c1-2-5-17(19)14-7-4-9-16(11-14)20-12-13-6-3-8-15(18)10-13/h3-4,6-11H,2,5,12H2,1H3. The van der Waals surface area contributed by atoms with Crippen LogP contribution in [0.2, 0.25) is 0 Å². The van der Waals surface area contributed by atoms with Crippen LogP contribution < -0.4 is 4.74 Å². The van der Waals surface area contributed by atoms with E-state index in [0.717, 1.165) is 12.0 Å². The van der Waals surface area contributed by atoms with Crippen LogP contribution in [-0.2, 0) is 6.61 Å². The molecule has 20 heavy (non-hydrogen) atoms. The van der Waals surface area contributed by atoms with Crippen LogP contribution in [0.3, 0.4) is 0 Å². The molecule has 0 saturated carbocycles. The van der Waals surface area contributed by atoms with Crippen LogP contribution in [0.15, 0.2) is 48.5 Å². The molecule has 0 amide bonds. The van der Waals surface area contributed by atoms with Crippen LogP contribution in [-0.4, -0.2) is 5.78 Å². The Morgan fingerprint density at radius 3 is 2.70 bits per heavy atom. The molecule has 0 unspecified atom stereocenters. The Kier molecular flexibility index (Phi) is 4.88. The van der Waals surface area contributed by atoms with Crippen molar-refractivity contribution in [2.75, 3.05) is 0 Å². The van der Waals surface area contributed by atoms with E-state index in [-0.39, 0.29) is 18.2 Å². The summed E-state index contributed by atoms with van der Waals surface area (Å²) in [5, 5.41) is 0. The zero-order valence-corrected chi connectivity index (χ0v) is 11.4. The molecule has 2 aromatic rings. The second-order valence-electron chi connectivity index (χ2n) is 4.62. The Morgan fingerprint density at radius 2 is 1.95 bits per heavy atom. The molecule has 3 heteroatoms. The number of carbonyl (C=O) groups is 1. The molecule has 2 nitrogen and oxygen atoms in total. The number of rotatable bonds is 6. The van der Waals surface area contributed by atoms with Gasteiger partial charge >= 0.3 is 0 Å². The van der Waals surface area contributed by atoms with Crippen molar-refractivity contribution in [3.8, 4) is 5.75 Å². The fourth-order valence-electron chi connectivity index (χ4n) is 1.92. The molecule has 0 aliphatic heterocycles. The van der Waals surface area contributed by atoms with E-state index in [1.807, 2.05) is 6.92 Å². The largest absolute Gasteiger partial charge is 0.489 e. The number of Topliss-reactive ketones (excluding diaryl/α,β-unsaturated/α-hetero) is 1. The molecule has 0 aromatic heterocycles. The molecular formula is C17H17FO2. The zero-order chi connectivity index (χ0) is 14.4. The van der Waals surface area contributed by atoms with Crippen LogP contribution in [0.4, 0.5) is 4.39 Å². The van der Waals surface area contributed by atoms with Crippen LogP contribution in [0, 0.1) is 5.82 Å². The molecule has 0 atom stereocenters. The highest BCUT2D eigenvalue weighted by molar-refractivity contribution is 5.96.